The van der Waals surface area contributed by atoms with E-state index >= 15 is 0 Å². The third-order valence-corrected chi connectivity index (χ3v) is 4.72. The van der Waals surface area contributed by atoms with E-state index in [1.165, 1.54) is 36.3 Å². The molecule has 1 heterocycles. The van der Waals surface area contributed by atoms with Crippen molar-refractivity contribution in [3.8, 4) is 11.8 Å². The predicted octanol–water partition coefficient (Wildman–Crippen LogP) is 3.07. The van der Waals surface area contributed by atoms with Crippen molar-refractivity contribution in [1.29, 1.82) is 5.26 Å². The first-order valence-corrected chi connectivity index (χ1v) is 8.37. The van der Waals surface area contributed by atoms with Gasteiger partial charge in [0, 0.05) is 5.56 Å². The summed E-state index contributed by atoms with van der Waals surface area (Å²) in [6.45, 7) is -1.20. The Morgan fingerprint density at radius 1 is 1.32 bits per heavy atom. The van der Waals surface area contributed by atoms with E-state index in [0.29, 0.717) is 21.6 Å². The third kappa shape index (κ3) is 3.36. The molecule has 0 unspecified atom stereocenters. The molecule has 0 bridgehead atoms. The van der Waals surface area contributed by atoms with Crippen LogP contribution >= 0.6 is 0 Å². The van der Waals surface area contributed by atoms with Gasteiger partial charge in [0.2, 0.25) is 0 Å². The standard InChI is InChI=1S/C19H18F2N5O2/c1-19(14-5-3-4-12(10-14)11-22)16(26(27)25(2)18(23)24-19)13-6-8-15(9-7-13)28-17(20)21/h3-10,16-17H,1-2H3,(H2,23,24)/q+1/t16-,19+/m0/s1. The van der Waals surface area contributed by atoms with Crippen LogP contribution in [0.15, 0.2) is 53.5 Å². The van der Waals surface area contributed by atoms with Crippen LogP contribution in [0.4, 0.5) is 8.78 Å². The Hall–Kier alpha value is -3.54. The maximum Gasteiger partial charge on any atom is 0.387 e. The van der Waals surface area contributed by atoms with Crippen molar-refractivity contribution in [1.82, 2.24) is 5.01 Å². The number of aliphatic imine (C=N–C) groups is 1. The van der Waals surface area contributed by atoms with Crippen molar-refractivity contribution < 1.29 is 18.4 Å². The summed E-state index contributed by atoms with van der Waals surface area (Å²) >= 11 is 0. The largest absolute Gasteiger partial charge is 0.435 e. The van der Waals surface area contributed by atoms with Crippen molar-refractivity contribution in [2.24, 2.45) is 10.7 Å². The normalized spacial score (nSPS) is 22.0. The molecule has 0 aliphatic carbocycles. The number of nitroso groups, excluding NO2 is 1. The fourth-order valence-corrected chi connectivity index (χ4v) is 3.27. The molecule has 0 fully saturated rings. The Morgan fingerprint density at radius 2 is 2.00 bits per heavy atom. The molecule has 0 radical (unpaired) electrons. The highest BCUT2D eigenvalue weighted by Crippen LogP contribution is 2.44. The molecule has 0 saturated carbocycles. The summed E-state index contributed by atoms with van der Waals surface area (Å²) < 4.78 is 29.2. The lowest BCUT2D eigenvalue weighted by atomic mass is 9.80. The average molecular weight is 386 g/mol. The number of alkyl halides is 2. The summed E-state index contributed by atoms with van der Waals surface area (Å²) in [5.41, 5.74) is 6.40. The molecule has 1 aliphatic rings. The van der Waals surface area contributed by atoms with E-state index in [-0.39, 0.29) is 11.7 Å². The van der Waals surface area contributed by atoms with Crippen LogP contribution in [-0.4, -0.2) is 29.5 Å². The predicted molar refractivity (Wildman–Crippen MR) is 97.3 cm³/mol. The van der Waals surface area contributed by atoms with Gasteiger partial charge >= 0.3 is 6.61 Å². The zero-order chi connectivity index (χ0) is 20.5. The van der Waals surface area contributed by atoms with E-state index in [9.17, 15) is 18.9 Å². The number of nitrogens with two attached hydrogens (primary N) is 1. The number of rotatable bonds is 4. The van der Waals surface area contributed by atoms with E-state index in [0.717, 1.165) is 0 Å². The fourth-order valence-electron chi connectivity index (χ4n) is 3.27. The summed E-state index contributed by atoms with van der Waals surface area (Å²) in [5, 5.41) is 10.4. The molecular formula is C19H18F2N5O2+. The van der Waals surface area contributed by atoms with Crippen molar-refractivity contribution in [2.75, 3.05) is 7.05 Å². The Kier molecular flexibility index (Phi) is 4.96. The first kappa shape index (κ1) is 19.2. The highest BCUT2D eigenvalue weighted by Gasteiger charge is 2.54. The van der Waals surface area contributed by atoms with Crippen LogP contribution in [0.5, 0.6) is 5.75 Å². The molecule has 2 N–H and O–H groups in total. The molecule has 0 saturated heterocycles. The maximum absolute atomic E-state index is 13.0. The Bertz CT molecular complexity index is 971. The van der Waals surface area contributed by atoms with E-state index in [4.69, 9.17) is 5.73 Å². The van der Waals surface area contributed by atoms with Gasteiger partial charge in [-0.1, -0.05) is 17.1 Å². The molecule has 0 spiro atoms. The van der Waals surface area contributed by atoms with Gasteiger partial charge in [-0.05, 0) is 48.9 Å². The summed E-state index contributed by atoms with van der Waals surface area (Å²) in [6, 6.07) is 13.8. The minimum Gasteiger partial charge on any atom is -0.435 e. The highest BCUT2D eigenvalue weighted by molar-refractivity contribution is 5.77. The molecule has 1 aliphatic heterocycles. The van der Waals surface area contributed by atoms with Gasteiger partial charge in [0.15, 0.2) is 5.54 Å². The second-order valence-corrected chi connectivity index (χ2v) is 6.49. The lowest BCUT2D eigenvalue weighted by molar-refractivity contribution is -0.726. The lowest BCUT2D eigenvalue weighted by Crippen LogP contribution is -2.53. The molecule has 28 heavy (non-hydrogen) atoms. The summed E-state index contributed by atoms with van der Waals surface area (Å²) in [6.07, 6.45) is 0. The first-order chi connectivity index (χ1) is 13.3. The van der Waals surface area contributed by atoms with Crippen molar-refractivity contribution in [2.45, 2.75) is 25.1 Å². The minimum absolute atomic E-state index is 0.0171. The molecular weight excluding hydrogens is 368 g/mol. The summed E-state index contributed by atoms with van der Waals surface area (Å²) in [7, 11) is 1.48. The van der Waals surface area contributed by atoms with E-state index in [1.54, 1.807) is 31.2 Å². The zero-order valence-corrected chi connectivity index (χ0v) is 15.2. The first-order valence-electron chi connectivity index (χ1n) is 8.37. The quantitative estimate of drug-likeness (QED) is 0.815. The van der Waals surface area contributed by atoms with Crippen LogP contribution < -0.4 is 10.5 Å². The zero-order valence-electron chi connectivity index (χ0n) is 15.2. The second-order valence-electron chi connectivity index (χ2n) is 6.49. The second kappa shape index (κ2) is 7.23. The Labute approximate surface area is 160 Å². The summed E-state index contributed by atoms with van der Waals surface area (Å²) in [4.78, 5) is 18.2. The SMILES string of the molecule is CN1C(N)=N[C@](C)(c2cccc(C#N)c2)[C@H](c2ccc(OC(F)F)cc2)[N+]1=O. The maximum atomic E-state index is 13.0. The topological polar surface area (TPSA) is 94.7 Å². The number of halogens is 2. The van der Waals surface area contributed by atoms with Crippen molar-refractivity contribution in [3.05, 3.63) is 70.1 Å². The molecule has 0 amide bonds. The van der Waals surface area contributed by atoms with Crippen molar-refractivity contribution in [3.63, 3.8) is 0 Å². The molecule has 2 atom stereocenters. The van der Waals surface area contributed by atoms with Gasteiger partial charge in [-0.15, -0.1) is 0 Å². The monoisotopic (exact) mass is 386 g/mol. The Morgan fingerprint density at radius 3 is 2.61 bits per heavy atom. The Balaban J connectivity index is 2.12. The number of nitriles is 1. The van der Waals surface area contributed by atoms with Crippen LogP contribution in [0.1, 0.15) is 29.7 Å². The van der Waals surface area contributed by atoms with E-state index < -0.39 is 18.2 Å². The molecule has 3 rings (SSSR count). The van der Waals surface area contributed by atoms with Crippen LogP contribution in [0, 0.1) is 16.2 Å². The molecule has 9 heteroatoms. The van der Waals surface area contributed by atoms with E-state index in [1.807, 2.05) is 0 Å². The molecule has 0 aromatic heterocycles. The van der Waals surface area contributed by atoms with Gasteiger partial charge in [0.25, 0.3) is 12.0 Å². The number of hydrazine groups is 1. The number of guanidine groups is 1. The molecule has 2 aromatic carbocycles. The summed E-state index contributed by atoms with van der Waals surface area (Å²) in [5.74, 6) is 0.00493. The lowest BCUT2D eigenvalue weighted by Gasteiger charge is -2.34. The third-order valence-electron chi connectivity index (χ3n) is 4.72. The highest BCUT2D eigenvalue weighted by atomic mass is 19.3. The fraction of sp³-hybridized carbons (Fsp3) is 0.263. The molecule has 144 valence electrons. The molecule has 2 aromatic rings. The van der Waals surface area contributed by atoms with Crippen LogP contribution in [0.3, 0.4) is 0 Å². The van der Waals surface area contributed by atoms with Crippen LogP contribution in [0.2, 0.25) is 0 Å². The number of nitrogens with zero attached hydrogens (tertiary/aromatic N) is 4. The van der Waals surface area contributed by atoms with Crippen molar-refractivity contribution >= 4 is 5.96 Å². The number of hydrogen-bond acceptors (Lipinski definition) is 5. The smallest absolute Gasteiger partial charge is 0.387 e. The van der Waals surface area contributed by atoms with Gasteiger partial charge in [-0.2, -0.15) is 14.0 Å². The van der Waals surface area contributed by atoms with Gasteiger partial charge in [-0.25, -0.2) is 4.99 Å². The molecule has 7 nitrogen and oxygen atoms in total. The van der Waals surface area contributed by atoms with Crippen LogP contribution in [-0.2, 0) is 5.54 Å². The van der Waals surface area contributed by atoms with Gasteiger partial charge in [-0.3, -0.25) is 0 Å². The number of benzene rings is 2. The van der Waals surface area contributed by atoms with Crippen LogP contribution in [0.25, 0.3) is 0 Å². The van der Waals surface area contributed by atoms with Gasteiger partial charge < -0.3 is 10.5 Å². The van der Waals surface area contributed by atoms with Gasteiger partial charge in [0.1, 0.15) is 10.6 Å². The van der Waals surface area contributed by atoms with E-state index in [2.05, 4.69) is 15.8 Å². The number of ether oxygens (including phenoxy) is 1. The average Bonchev–Trinajstić information content (AvgIpc) is 2.67. The van der Waals surface area contributed by atoms with Gasteiger partial charge in [0.05, 0.1) is 23.6 Å². The number of hydrogen-bond donors (Lipinski definition) is 1. The minimum atomic E-state index is -2.94.